The minimum Gasteiger partial charge on any atom is -0.361 e. The van der Waals surface area contributed by atoms with Crippen molar-refractivity contribution < 1.29 is 4.79 Å². The molecule has 1 aromatic carbocycles. The number of benzene rings is 1. The summed E-state index contributed by atoms with van der Waals surface area (Å²) in [7, 11) is 0. The second-order valence-electron chi connectivity index (χ2n) is 7.73. The summed E-state index contributed by atoms with van der Waals surface area (Å²) in [6, 6.07) is 6.74. The van der Waals surface area contributed by atoms with Crippen LogP contribution in [0.1, 0.15) is 36.8 Å². The van der Waals surface area contributed by atoms with Gasteiger partial charge in [0.05, 0.1) is 6.33 Å². The second-order valence-corrected chi connectivity index (χ2v) is 7.73. The van der Waals surface area contributed by atoms with Crippen molar-refractivity contribution in [1.82, 2.24) is 24.8 Å². The fraction of sp³-hybridized carbons (Fsp3) is 0.455. The Balaban J connectivity index is 1.32. The Kier molecular flexibility index (Phi) is 5.65. The van der Waals surface area contributed by atoms with Crippen molar-refractivity contribution >= 4 is 16.9 Å². The van der Waals surface area contributed by atoms with Gasteiger partial charge in [-0.3, -0.25) is 0 Å². The summed E-state index contributed by atoms with van der Waals surface area (Å²) in [5.74, 6) is 0. The molecule has 0 unspecified atom stereocenters. The Morgan fingerprint density at radius 1 is 1.36 bits per heavy atom. The molecule has 3 heterocycles. The molecule has 6 heteroatoms. The molecule has 4 rings (SSSR count). The van der Waals surface area contributed by atoms with Gasteiger partial charge in [0, 0.05) is 55.2 Å². The number of likely N-dealkylation sites (tertiary alicyclic amines) is 1. The van der Waals surface area contributed by atoms with E-state index in [0.29, 0.717) is 12.6 Å². The highest BCUT2D eigenvalue weighted by molar-refractivity contribution is 5.86. The molecule has 1 aliphatic rings. The summed E-state index contributed by atoms with van der Waals surface area (Å²) < 4.78 is 2.09. The minimum absolute atomic E-state index is 0.0753. The molecule has 1 aliphatic heterocycles. The van der Waals surface area contributed by atoms with Crippen LogP contribution in [0.25, 0.3) is 10.9 Å². The van der Waals surface area contributed by atoms with Gasteiger partial charge in [0.25, 0.3) is 0 Å². The zero-order valence-electron chi connectivity index (χ0n) is 16.5. The lowest BCUT2D eigenvalue weighted by Crippen LogP contribution is -2.49. The van der Waals surface area contributed by atoms with Crippen LogP contribution in [-0.2, 0) is 13.0 Å². The van der Waals surface area contributed by atoms with Crippen LogP contribution < -0.4 is 5.32 Å². The van der Waals surface area contributed by atoms with Crippen molar-refractivity contribution in [3.8, 4) is 0 Å². The Morgan fingerprint density at radius 3 is 3.14 bits per heavy atom. The topological polar surface area (TPSA) is 66.0 Å². The summed E-state index contributed by atoms with van der Waals surface area (Å²) in [4.78, 5) is 22.3. The van der Waals surface area contributed by atoms with Crippen LogP contribution in [0.5, 0.6) is 0 Å². The number of para-hydroxylation sites is 1. The zero-order chi connectivity index (χ0) is 19.3. The highest BCUT2D eigenvalue weighted by Gasteiger charge is 2.26. The maximum atomic E-state index is 12.8. The number of aromatic amines is 1. The first-order chi connectivity index (χ1) is 13.7. The molecule has 148 valence electrons. The maximum absolute atomic E-state index is 12.8. The van der Waals surface area contributed by atoms with Crippen LogP contribution in [-0.4, -0.2) is 44.6 Å². The molecule has 1 saturated heterocycles. The number of nitrogens with one attached hydrogen (secondary N) is 2. The Labute approximate surface area is 165 Å². The fourth-order valence-electron chi connectivity index (χ4n) is 4.26. The molecule has 2 aromatic heterocycles. The van der Waals surface area contributed by atoms with Crippen molar-refractivity contribution in [1.29, 1.82) is 0 Å². The van der Waals surface area contributed by atoms with Gasteiger partial charge in [-0.1, -0.05) is 18.2 Å². The fourth-order valence-corrected chi connectivity index (χ4v) is 4.26. The summed E-state index contributed by atoms with van der Waals surface area (Å²) >= 11 is 0. The van der Waals surface area contributed by atoms with E-state index >= 15 is 0 Å². The van der Waals surface area contributed by atoms with Crippen LogP contribution in [0.3, 0.4) is 0 Å². The summed E-state index contributed by atoms with van der Waals surface area (Å²) in [6.45, 7) is 4.53. The predicted molar refractivity (Wildman–Crippen MR) is 111 cm³/mol. The molecule has 0 spiro atoms. The number of aromatic nitrogens is 3. The first-order valence-electron chi connectivity index (χ1n) is 10.3. The average molecular weight is 380 g/mol. The molecule has 3 aromatic rings. The number of aryl methyl sites for hydroxylation is 2. The zero-order valence-corrected chi connectivity index (χ0v) is 16.5. The van der Waals surface area contributed by atoms with Gasteiger partial charge in [0.2, 0.25) is 0 Å². The Hall–Kier alpha value is -2.76. The largest absolute Gasteiger partial charge is 0.361 e. The van der Waals surface area contributed by atoms with Crippen molar-refractivity contribution in [2.75, 3.05) is 13.1 Å². The predicted octanol–water partition coefficient (Wildman–Crippen LogP) is 3.87. The lowest BCUT2D eigenvalue weighted by atomic mass is 9.99. The van der Waals surface area contributed by atoms with Crippen LogP contribution in [0.4, 0.5) is 4.79 Å². The molecule has 28 heavy (non-hydrogen) atoms. The first-order valence-corrected chi connectivity index (χ1v) is 10.3. The van der Waals surface area contributed by atoms with E-state index in [-0.39, 0.29) is 6.03 Å². The number of hydrogen-bond donors (Lipinski definition) is 2. The smallest absolute Gasteiger partial charge is 0.317 e. The summed E-state index contributed by atoms with van der Waals surface area (Å²) in [5, 5.41) is 4.40. The molecule has 0 saturated carbocycles. The standard InChI is InChI=1S/C22H29N5O/c1-17-5-4-7-20-18(15-25-21(17)20)8-10-24-22(28)27-12-3-2-6-19(27)9-13-26-14-11-23-16-26/h4-5,7,11,14-16,19,25H,2-3,6,8-10,12-13H2,1H3,(H,24,28)/t19-/m0/s1. The van der Waals surface area contributed by atoms with Gasteiger partial charge in [-0.15, -0.1) is 0 Å². The number of H-pyrrole nitrogens is 1. The van der Waals surface area contributed by atoms with Gasteiger partial charge in [0.15, 0.2) is 0 Å². The molecule has 0 aliphatic carbocycles. The van der Waals surface area contributed by atoms with Gasteiger partial charge in [0.1, 0.15) is 0 Å². The minimum atomic E-state index is 0.0753. The van der Waals surface area contributed by atoms with Gasteiger partial charge in [-0.05, 0) is 50.2 Å². The highest BCUT2D eigenvalue weighted by atomic mass is 16.2. The number of piperidine rings is 1. The van der Waals surface area contributed by atoms with E-state index in [2.05, 4.69) is 51.2 Å². The normalized spacial score (nSPS) is 17.2. The molecule has 1 fully saturated rings. The van der Waals surface area contributed by atoms with Gasteiger partial charge in [-0.25, -0.2) is 9.78 Å². The van der Waals surface area contributed by atoms with Gasteiger partial charge >= 0.3 is 6.03 Å². The SMILES string of the molecule is Cc1cccc2c(CCNC(=O)N3CCCC[C@H]3CCn3ccnc3)c[nH]c12. The van der Waals surface area contributed by atoms with E-state index in [4.69, 9.17) is 0 Å². The molecule has 6 nitrogen and oxygen atoms in total. The van der Waals surface area contributed by atoms with Crippen molar-refractivity contribution in [3.05, 3.63) is 54.2 Å². The third-order valence-electron chi connectivity index (χ3n) is 5.85. The van der Waals surface area contributed by atoms with E-state index in [0.717, 1.165) is 38.8 Å². The molecule has 2 amide bonds. The molecular weight excluding hydrogens is 350 g/mol. The number of amides is 2. The van der Waals surface area contributed by atoms with E-state index in [1.165, 1.54) is 28.5 Å². The van der Waals surface area contributed by atoms with Gasteiger partial charge in [-0.2, -0.15) is 0 Å². The van der Waals surface area contributed by atoms with Crippen LogP contribution in [0.15, 0.2) is 43.1 Å². The molecule has 1 atom stereocenters. The number of carbonyl (C=O) groups is 1. The van der Waals surface area contributed by atoms with Crippen LogP contribution in [0, 0.1) is 6.92 Å². The van der Waals surface area contributed by atoms with Crippen molar-refractivity contribution in [3.63, 3.8) is 0 Å². The Morgan fingerprint density at radius 2 is 2.29 bits per heavy atom. The third kappa shape index (κ3) is 4.06. The van der Waals surface area contributed by atoms with E-state index in [9.17, 15) is 4.79 Å². The number of fused-ring (bicyclic) bond motifs is 1. The highest BCUT2D eigenvalue weighted by Crippen LogP contribution is 2.22. The second kappa shape index (κ2) is 8.50. The van der Waals surface area contributed by atoms with E-state index in [1.807, 2.05) is 17.4 Å². The average Bonchev–Trinajstić information content (AvgIpc) is 3.37. The molecule has 0 bridgehead atoms. The monoisotopic (exact) mass is 379 g/mol. The van der Waals surface area contributed by atoms with E-state index < -0.39 is 0 Å². The number of imidazole rings is 1. The maximum Gasteiger partial charge on any atom is 0.317 e. The van der Waals surface area contributed by atoms with Gasteiger partial charge < -0.3 is 19.8 Å². The number of hydrogen-bond acceptors (Lipinski definition) is 2. The first kappa shape index (κ1) is 18.6. The summed E-state index contributed by atoms with van der Waals surface area (Å²) in [5.41, 5.74) is 3.70. The number of rotatable bonds is 6. The number of urea groups is 1. The third-order valence-corrected chi connectivity index (χ3v) is 5.85. The summed E-state index contributed by atoms with van der Waals surface area (Å²) in [6.07, 6.45) is 12.9. The Bertz CT molecular complexity index is 914. The molecule has 2 N–H and O–H groups in total. The van der Waals surface area contributed by atoms with Crippen molar-refractivity contribution in [2.24, 2.45) is 0 Å². The molecule has 0 radical (unpaired) electrons. The van der Waals surface area contributed by atoms with E-state index in [1.54, 1.807) is 6.20 Å². The van der Waals surface area contributed by atoms with Crippen molar-refractivity contribution in [2.45, 2.75) is 51.6 Å². The molecular formula is C22H29N5O. The lowest BCUT2D eigenvalue weighted by molar-refractivity contribution is 0.144. The lowest BCUT2D eigenvalue weighted by Gasteiger charge is -2.36. The number of carbonyl (C=O) groups excluding carboxylic acids is 1. The quantitative estimate of drug-likeness (QED) is 0.683. The van der Waals surface area contributed by atoms with Crippen LogP contribution >= 0.6 is 0 Å². The van der Waals surface area contributed by atoms with Crippen LogP contribution in [0.2, 0.25) is 0 Å². The number of nitrogens with zero attached hydrogens (tertiary/aromatic N) is 3.